The Balaban J connectivity index is 3.40. The number of nitriles is 1. The van der Waals surface area contributed by atoms with E-state index in [4.69, 9.17) is 5.26 Å². The van der Waals surface area contributed by atoms with Crippen molar-refractivity contribution in [3.05, 3.63) is 17.3 Å². The summed E-state index contributed by atoms with van der Waals surface area (Å²) in [6.45, 7) is 0. The van der Waals surface area contributed by atoms with E-state index >= 15 is 0 Å². The van der Waals surface area contributed by atoms with E-state index in [9.17, 15) is 22.0 Å². The van der Waals surface area contributed by atoms with Gasteiger partial charge in [0.2, 0.25) is 5.88 Å². The van der Waals surface area contributed by atoms with Crippen molar-refractivity contribution in [2.45, 2.75) is 19.2 Å². The molecule has 0 saturated heterocycles. The van der Waals surface area contributed by atoms with Gasteiger partial charge in [-0.05, 0) is 0 Å². The van der Waals surface area contributed by atoms with Gasteiger partial charge in [-0.2, -0.15) is 5.26 Å². The number of ether oxygens (including phenoxy) is 2. The average molecular weight is 282 g/mol. The summed E-state index contributed by atoms with van der Waals surface area (Å²) < 4.78 is 70.2. The first-order chi connectivity index (χ1) is 8.80. The number of nitrogens with zero attached hydrogens (tertiary/aromatic N) is 2. The Morgan fingerprint density at radius 2 is 2.05 bits per heavy atom. The molecule has 1 heterocycles. The minimum Gasteiger partial charge on any atom is -0.495 e. The topological polar surface area (TPSA) is 55.1 Å². The molecule has 1 rings (SSSR count). The summed E-state index contributed by atoms with van der Waals surface area (Å²) in [6.07, 6.45) is -8.25. The van der Waals surface area contributed by atoms with Gasteiger partial charge in [0.25, 0.3) is 6.43 Å². The van der Waals surface area contributed by atoms with Crippen LogP contribution in [0.5, 0.6) is 11.6 Å². The molecular weight excluding hydrogens is 275 g/mol. The van der Waals surface area contributed by atoms with Gasteiger partial charge < -0.3 is 9.47 Å². The third-order valence-electron chi connectivity index (χ3n) is 2.05. The fourth-order valence-corrected chi connectivity index (χ4v) is 1.38. The van der Waals surface area contributed by atoms with Crippen molar-refractivity contribution in [1.82, 2.24) is 4.98 Å². The fraction of sp³-hybridized carbons (Fsp3) is 0.400. The van der Waals surface area contributed by atoms with Gasteiger partial charge in [-0.15, -0.1) is 13.2 Å². The smallest absolute Gasteiger partial charge is 0.495 e. The van der Waals surface area contributed by atoms with Gasteiger partial charge in [0.05, 0.1) is 31.4 Å². The molecule has 4 nitrogen and oxygen atoms in total. The van der Waals surface area contributed by atoms with E-state index in [2.05, 4.69) is 14.5 Å². The SMILES string of the molecule is COc1cnc(OC(F)(F)F)c(CC#N)c1C(F)F. The third-order valence-corrected chi connectivity index (χ3v) is 2.05. The molecule has 0 N–H and O–H groups in total. The first-order valence-corrected chi connectivity index (χ1v) is 4.76. The lowest BCUT2D eigenvalue weighted by molar-refractivity contribution is -0.276. The normalized spacial score (nSPS) is 11.3. The predicted octanol–water partition coefficient (Wildman–Crippen LogP) is 2.99. The number of aromatic nitrogens is 1. The predicted molar refractivity (Wildman–Crippen MR) is 51.7 cm³/mol. The van der Waals surface area contributed by atoms with Crippen LogP contribution in [0.25, 0.3) is 0 Å². The van der Waals surface area contributed by atoms with Gasteiger partial charge in [0.15, 0.2) is 0 Å². The van der Waals surface area contributed by atoms with Crippen LogP contribution in [0.2, 0.25) is 0 Å². The summed E-state index contributed by atoms with van der Waals surface area (Å²) in [4.78, 5) is 3.24. The Labute approximate surface area is 104 Å². The van der Waals surface area contributed by atoms with Crippen molar-refractivity contribution in [2.75, 3.05) is 7.11 Å². The summed E-state index contributed by atoms with van der Waals surface area (Å²) in [5, 5.41) is 8.51. The molecule has 0 aliphatic carbocycles. The van der Waals surface area contributed by atoms with Crippen LogP contribution in [0.1, 0.15) is 17.6 Å². The molecule has 0 fully saturated rings. The van der Waals surface area contributed by atoms with E-state index in [1.165, 1.54) is 6.07 Å². The quantitative estimate of drug-likeness (QED) is 0.797. The van der Waals surface area contributed by atoms with Crippen molar-refractivity contribution in [3.8, 4) is 17.7 Å². The Bertz CT molecular complexity index is 496. The van der Waals surface area contributed by atoms with Crippen molar-refractivity contribution in [3.63, 3.8) is 0 Å². The number of rotatable bonds is 4. The number of pyridine rings is 1. The van der Waals surface area contributed by atoms with Gasteiger partial charge in [-0.1, -0.05) is 0 Å². The second kappa shape index (κ2) is 5.69. The van der Waals surface area contributed by atoms with Crippen LogP contribution in [0.3, 0.4) is 0 Å². The van der Waals surface area contributed by atoms with Gasteiger partial charge in [0, 0.05) is 5.56 Å². The number of alkyl halides is 5. The zero-order chi connectivity index (χ0) is 14.6. The highest BCUT2D eigenvalue weighted by Gasteiger charge is 2.35. The van der Waals surface area contributed by atoms with Crippen LogP contribution in [-0.2, 0) is 6.42 Å². The minimum absolute atomic E-state index is 0.408. The maximum absolute atomic E-state index is 12.9. The Morgan fingerprint density at radius 1 is 1.42 bits per heavy atom. The van der Waals surface area contributed by atoms with Crippen LogP contribution in [0.15, 0.2) is 6.20 Å². The van der Waals surface area contributed by atoms with Gasteiger partial charge in [0.1, 0.15) is 5.75 Å². The van der Waals surface area contributed by atoms with Crippen molar-refractivity contribution in [1.29, 1.82) is 5.26 Å². The maximum atomic E-state index is 12.9. The van der Waals surface area contributed by atoms with Crippen molar-refractivity contribution < 1.29 is 31.4 Å². The van der Waals surface area contributed by atoms with Crippen molar-refractivity contribution in [2.24, 2.45) is 0 Å². The fourth-order valence-electron chi connectivity index (χ4n) is 1.38. The zero-order valence-corrected chi connectivity index (χ0v) is 9.46. The molecule has 0 aliphatic rings. The van der Waals surface area contributed by atoms with Crippen LogP contribution in [0.4, 0.5) is 22.0 Å². The van der Waals surface area contributed by atoms with Crippen molar-refractivity contribution >= 4 is 0 Å². The van der Waals surface area contributed by atoms with Gasteiger partial charge in [-0.3, -0.25) is 0 Å². The van der Waals surface area contributed by atoms with Crippen LogP contribution in [0, 0.1) is 11.3 Å². The summed E-state index contributed by atoms with van der Waals surface area (Å²) in [7, 11) is 1.06. The molecule has 0 saturated carbocycles. The average Bonchev–Trinajstić information content (AvgIpc) is 2.28. The number of halogens is 5. The van der Waals surface area contributed by atoms with E-state index in [1.807, 2.05) is 0 Å². The summed E-state index contributed by atoms with van der Waals surface area (Å²) in [6, 6.07) is 1.48. The van der Waals surface area contributed by atoms with E-state index in [0.717, 1.165) is 7.11 Å². The summed E-state index contributed by atoms with van der Waals surface area (Å²) in [5.74, 6) is -1.49. The van der Waals surface area contributed by atoms with E-state index in [-0.39, 0.29) is 0 Å². The lowest BCUT2D eigenvalue weighted by Gasteiger charge is -2.16. The third kappa shape index (κ3) is 3.67. The minimum atomic E-state index is -5.09. The molecule has 19 heavy (non-hydrogen) atoms. The van der Waals surface area contributed by atoms with Crippen LogP contribution < -0.4 is 9.47 Å². The first-order valence-electron chi connectivity index (χ1n) is 4.76. The lowest BCUT2D eigenvalue weighted by Crippen LogP contribution is -2.20. The second-order valence-corrected chi connectivity index (χ2v) is 3.21. The number of methoxy groups -OCH3 is 1. The molecular formula is C10H7F5N2O2. The molecule has 0 bridgehead atoms. The van der Waals surface area contributed by atoms with E-state index in [0.29, 0.717) is 6.20 Å². The molecule has 0 aromatic carbocycles. The highest BCUT2D eigenvalue weighted by molar-refractivity contribution is 5.46. The van der Waals surface area contributed by atoms with E-state index in [1.54, 1.807) is 0 Å². The molecule has 0 unspecified atom stereocenters. The molecule has 0 atom stereocenters. The highest BCUT2D eigenvalue weighted by atomic mass is 19.4. The highest BCUT2D eigenvalue weighted by Crippen LogP contribution is 2.37. The van der Waals surface area contributed by atoms with Crippen LogP contribution in [-0.4, -0.2) is 18.5 Å². The monoisotopic (exact) mass is 282 g/mol. The Kier molecular flexibility index (Phi) is 4.47. The number of hydrogen-bond acceptors (Lipinski definition) is 4. The van der Waals surface area contributed by atoms with Crippen LogP contribution >= 0.6 is 0 Å². The Hall–Kier alpha value is -2.11. The molecule has 1 aromatic rings. The zero-order valence-electron chi connectivity index (χ0n) is 9.46. The first kappa shape index (κ1) is 14.9. The molecule has 1 aromatic heterocycles. The molecule has 0 radical (unpaired) electrons. The summed E-state index contributed by atoms with van der Waals surface area (Å²) >= 11 is 0. The maximum Gasteiger partial charge on any atom is 0.574 e. The van der Waals surface area contributed by atoms with Gasteiger partial charge >= 0.3 is 6.36 Å². The molecule has 0 aliphatic heterocycles. The molecule has 0 amide bonds. The van der Waals surface area contributed by atoms with Gasteiger partial charge in [-0.25, -0.2) is 13.8 Å². The number of hydrogen-bond donors (Lipinski definition) is 0. The largest absolute Gasteiger partial charge is 0.574 e. The lowest BCUT2D eigenvalue weighted by atomic mass is 10.1. The second-order valence-electron chi connectivity index (χ2n) is 3.21. The Morgan fingerprint density at radius 3 is 2.47 bits per heavy atom. The molecule has 9 heteroatoms. The van der Waals surface area contributed by atoms with E-state index < -0.39 is 42.0 Å². The summed E-state index contributed by atoms with van der Waals surface area (Å²) in [5.41, 5.74) is -1.48. The molecule has 104 valence electrons. The molecule has 0 spiro atoms. The standard InChI is InChI=1S/C10H7F5N2O2/c1-18-6-4-17-9(19-10(13,14)15)5(2-3-16)7(6)8(11)12/h4,8H,2H2,1H3.